The molecule has 2 fully saturated rings. The van der Waals surface area contributed by atoms with Gasteiger partial charge in [-0.3, -0.25) is 4.98 Å². The van der Waals surface area contributed by atoms with Crippen LogP contribution in [0.15, 0.2) is 24.5 Å². The lowest BCUT2D eigenvalue weighted by molar-refractivity contribution is -0.192. The number of aldehydes is 1. The Morgan fingerprint density at radius 3 is 2.60 bits per heavy atom. The first kappa shape index (κ1) is 13.5. The fourth-order valence-corrected chi connectivity index (χ4v) is 2.87. The van der Waals surface area contributed by atoms with Crippen molar-refractivity contribution in [2.75, 3.05) is 19.8 Å². The SMILES string of the molecule is O=CC1(COc2cccnc2)CCC2(CC1)OCCO2. The van der Waals surface area contributed by atoms with E-state index < -0.39 is 11.2 Å². The fraction of sp³-hybridized carbons (Fsp3) is 0.600. The first-order valence-electron chi connectivity index (χ1n) is 7.03. The average molecular weight is 277 g/mol. The number of ether oxygens (including phenoxy) is 3. The van der Waals surface area contributed by atoms with E-state index in [1.165, 1.54) is 0 Å². The van der Waals surface area contributed by atoms with Gasteiger partial charge in [-0.05, 0) is 25.0 Å². The van der Waals surface area contributed by atoms with Crippen LogP contribution in [-0.2, 0) is 14.3 Å². The molecule has 2 aliphatic rings. The van der Waals surface area contributed by atoms with E-state index in [9.17, 15) is 4.79 Å². The molecular weight excluding hydrogens is 258 g/mol. The molecule has 1 saturated heterocycles. The van der Waals surface area contributed by atoms with Crippen LogP contribution in [0.5, 0.6) is 5.75 Å². The molecule has 1 aliphatic heterocycles. The van der Waals surface area contributed by atoms with Gasteiger partial charge >= 0.3 is 0 Å². The minimum absolute atomic E-state index is 0.387. The zero-order valence-electron chi connectivity index (χ0n) is 11.4. The molecule has 1 spiro atoms. The number of carbonyl (C=O) groups is 1. The topological polar surface area (TPSA) is 57.7 Å². The predicted octanol–water partition coefficient (Wildman–Crippen LogP) is 1.96. The van der Waals surface area contributed by atoms with Crippen molar-refractivity contribution in [3.8, 4) is 5.75 Å². The Kier molecular flexibility index (Phi) is 3.72. The molecule has 108 valence electrons. The van der Waals surface area contributed by atoms with Gasteiger partial charge in [-0.1, -0.05) is 0 Å². The van der Waals surface area contributed by atoms with E-state index >= 15 is 0 Å². The van der Waals surface area contributed by atoms with Crippen molar-refractivity contribution < 1.29 is 19.0 Å². The average Bonchev–Trinajstić information content (AvgIpc) is 2.97. The van der Waals surface area contributed by atoms with Crippen molar-refractivity contribution in [2.24, 2.45) is 5.41 Å². The van der Waals surface area contributed by atoms with Crippen LogP contribution in [0.1, 0.15) is 25.7 Å². The second kappa shape index (κ2) is 5.50. The molecule has 1 aromatic heterocycles. The summed E-state index contributed by atoms with van der Waals surface area (Å²) in [6, 6.07) is 3.66. The summed E-state index contributed by atoms with van der Waals surface area (Å²) in [5.74, 6) is 0.253. The summed E-state index contributed by atoms with van der Waals surface area (Å²) in [5.41, 5.74) is -0.434. The van der Waals surface area contributed by atoms with Gasteiger partial charge in [0.05, 0.1) is 24.8 Å². The number of aromatic nitrogens is 1. The van der Waals surface area contributed by atoms with Crippen LogP contribution >= 0.6 is 0 Å². The summed E-state index contributed by atoms with van der Waals surface area (Å²) in [7, 11) is 0. The summed E-state index contributed by atoms with van der Waals surface area (Å²) in [4.78, 5) is 15.5. The highest BCUT2D eigenvalue weighted by molar-refractivity contribution is 5.60. The summed E-state index contributed by atoms with van der Waals surface area (Å²) in [6.45, 7) is 1.69. The second-order valence-corrected chi connectivity index (χ2v) is 5.57. The molecule has 0 N–H and O–H groups in total. The molecule has 0 radical (unpaired) electrons. The third-order valence-electron chi connectivity index (χ3n) is 4.23. The van der Waals surface area contributed by atoms with Crippen LogP contribution in [0.3, 0.4) is 0 Å². The Bertz CT molecular complexity index is 446. The molecule has 20 heavy (non-hydrogen) atoms. The Morgan fingerprint density at radius 1 is 1.25 bits per heavy atom. The Balaban J connectivity index is 1.60. The molecule has 0 unspecified atom stereocenters. The van der Waals surface area contributed by atoms with E-state index in [0.29, 0.717) is 25.6 Å². The van der Waals surface area contributed by atoms with E-state index in [1.807, 2.05) is 12.1 Å². The van der Waals surface area contributed by atoms with Gasteiger partial charge in [-0.2, -0.15) is 0 Å². The van der Waals surface area contributed by atoms with Gasteiger partial charge in [0.25, 0.3) is 0 Å². The molecule has 2 heterocycles. The summed E-state index contributed by atoms with van der Waals surface area (Å²) < 4.78 is 17.1. The zero-order chi connectivity index (χ0) is 13.9. The number of nitrogens with zero attached hydrogens (tertiary/aromatic N) is 1. The molecule has 3 rings (SSSR count). The van der Waals surface area contributed by atoms with Crippen LogP contribution in [0.4, 0.5) is 0 Å². The normalized spacial score (nSPS) is 23.6. The summed E-state index contributed by atoms with van der Waals surface area (Å²) in [5, 5.41) is 0. The molecule has 5 nitrogen and oxygen atoms in total. The van der Waals surface area contributed by atoms with Crippen molar-refractivity contribution in [1.82, 2.24) is 4.98 Å². The maximum atomic E-state index is 11.5. The molecule has 1 aromatic rings. The standard InChI is InChI=1S/C15H19NO4/c17-11-14(12-18-13-2-1-7-16-10-13)3-5-15(6-4-14)19-8-9-20-15/h1-2,7,10-11H,3-6,8-9,12H2. The minimum Gasteiger partial charge on any atom is -0.491 e. The smallest absolute Gasteiger partial charge is 0.168 e. The third kappa shape index (κ3) is 2.69. The van der Waals surface area contributed by atoms with Gasteiger partial charge < -0.3 is 19.0 Å². The van der Waals surface area contributed by atoms with Gasteiger partial charge in [0, 0.05) is 19.0 Å². The molecule has 1 aliphatic carbocycles. The van der Waals surface area contributed by atoms with E-state index in [4.69, 9.17) is 14.2 Å². The minimum atomic E-state index is -0.444. The maximum absolute atomic E-state index is 11.5. The van der Waals surface area contributed by atoms with Gasteiger partial charge in [0.1, 0.15) is 18.6 Å². The van der Waals surface area contributed by atoms with Crippen LogP contribution in [-0.4, -0.2) is 36.9 Å². The van der Waals surface area contributed by atoms with Crippen LogP contribution < -0.4 is 4.74 Å². The molecule has 5 heteroatoms. The van der Waals surface area contributed by atoms with Crippen LogP contribution in [0.2, 0.25) is 0 Å². The quantitative estimate of drug-likeness (QED) is 0.787. The Morgan fingerprint density at radius 2 is 2.00 bits per heavy atom. The van der Waals surface area contributed by atoms with E-state index in [1.54, 1.807) is 12.4 Å². The molecular formula is C15H19NO4. The fourth-order valence-electron chi connectivity index (χ4n) is 2.87. The van der Waals surface area contributed by atoms with Crippen molar-refractivity contribution in [3.05, 3.63) is 24.5 Å². The highest BCUT2D eigenvalue weighted by Gasteiger charge is 2.46. The summed E-state index contributed by atoms with van der Waals surface area (Å²) >= 11 is 0. The molecule has 0 amide bonds. The van der Waals surface area contributed by atoms with Gasteiger partial charge in [0.2, 0.25) is 0 Å². The first-order valence-corrected chi connectivity index (χ1v) is 7.03. The molecule has 0 aromatic carbocycles. The highest BCUT2D eigenvalue weighted by atomic mass is 16.7. The first-order chi connectivity index (χ1) is 9.76. The lowest BCUT2D eigenvalue weighted by Crippen LogP contribution is -2.43. The van der Waals surface area contributed by atoms with E-state index in [-0.39, 0.29) is 0 Å². The Labute approximate surface area is 118 Å². The van der Waals surface area contributed by atoms with Crippen molar-refractivity contribution in [1.29, 1.82) is 0 Å². The lowest BCUT2D eigenvalue weighted by Gasteiger charge is -2.40. The summed E-state index contributed by atoms with van der Waals surface area (Å²) in [6.07, 6.45) is 7.36. The van der Waals surface area contributed by atoms with Crippen molar-refractivity contribution in [2.45, 2.75) is 31.5 Å². The van der Waals surface area contributed by atoms with Gasteiger partial charge in [-0.15, -0.1) is 0 Å². The predicted molar refractivity (Wildman–Crippen MR) is 71.3 cm³/mol. The zero-order valence-corrected chi connectivity index (χ0v) is 11.4. The third-order valence-corrected chi connectivity index (χ3v) is 4.23. The van der Waals surface area contributed by atoms with Crippen LogP contribution in [0, 0.1) is 5.41 Å². The monoisotopic (exact) mass is 277 g/mol. The lowest BCUT2D eigenvalue weighted by atomic mass is 9.73. The second-order valence-electron chi connectivity index (χ2n) is 5.57. The largest absolute Gasteiger partial charge is 0.491 e. The van der Waals surface area contributed by atoms with Crippen molar-refractivity contribution in [3.63, 3.8) is 0 Å². The molecule has 1 saturated carbocycles. The number of rotatable bonds is 4. The maximum Gasteiger partial charge on any atom is 0.168 e. The van der Waals surface area contributed by atoms with Crippen molar-refractivity contribution >= 4 is 6.29 Å². The molecule has 0 atom stereocenters. The van der Waals surface area contributed by atoms with Gasteiger partial charge in [-0.25, -0.2) is 0 Å². The number of hydrogen-bond acceptors (Lipinski definition) is 5. The number of pyridine rings is 1. The van der Waals surface area contributed by atoms with Crippen LogP contribution in [0.25, 0.3) is 0 Å². The van der Waals surface area contributed by atoms with Gasteiger partial charge in [0.15, 0.2) is 5.79 Å². The van der Waals surface area contributed by atoms with E-state index in [2.05, 4.69) is 4.98 Å². The highest BCUT2D eigenvalue weighted by Crippen LogP contribution is 2.43. The molecule has 0 bridgehead atoms. The van der Waals surface area contributed by atoms with E-state index in [0.717, 1.165) is 32.0 Å². The number of carbonyl (C=O) groups excluding carboxylic acids is 1. The number of hydrogen-bond donors (Lipinski definition) is 0. The Hall–Kier alpha value is -1.46.